The molecule has 0 saturated heterocycles. The average molecular weight is 509 g/mol. The number of amides is 1. The summed E-state index contributed by atoms with van der Waals surface area (Å²) in [7, 11) is 0. The molecule has 192 valence electrons. The number of carbonyl (C=O) groups is 2. The number of nitrogens with zero attached hydrogens (tertiary/aromatic N) is 4. The molecular formula is C30H28N4O4. The Labute approximate surface area is 218 Å². The van der Waals surface area contributed by atoms with Crippen molar-refractivity contribution in [2.24, 2.45) is 10.9 Å². The van der Waals surface area contributed by atoms with Crippen molar-refractivity contribution < 1.29 is 14.3 Å². The summed E-state index contributed by atoms with van der Waals surface area (Å²) < 4.78 is 8.44. The normalized spacial score (nSPS) is 12.1. The Kier molecular flexibility index (Phi) is 6.87. The second-order valence-electron chi connectivity index (χ2n) is 9.51. The molecule has 0 N–H and O–H groups in total. The molecule has 0 saturated carbocycles. The van der Waals surface area contributed by atoms with E-state index in [0.717, 1.165) is 16.3 Å². The van der Waals surface area contributed by atoms with Gasteiger partial charge in [0.15, 0.2) is 5.49 Å². The van der Waals surface area contributed by atoms with Gasteiger partial charge in [-0.05, 0) is 47.4 Å². The van der Waals surface area contributed by atoms with Crippen LogP contribution in [0.15, 0.2) is 82.7 Å². The van der Waals surface area contributed by atoms with Gasteiger partial charge in [0.2, 0.25) is 0 Å². The van der Waals surface area contributed by atoms with Crippen molar-refractivity contribution in [3.05, 3.63) is 99.9 Å². The van der Waals surface area contributed by atoms with Gasteiger partial charge in [-0.1, -0.05) is 62.4 Å². The van der Waals surface area contributed by atoms with Gasteiger partial charge in [0.25, 0.3) is 11.5 Å². The molecule has 0 aliphatic carbocycles. The van der Waals surface area contributed by atoms with Crippen LogP contribution in [0.4, 0.5) is 0 Å². The molecular weight excluding hydrogens is 480 g/mol. The third-order valence-corrected chi connectivity index (χ3v) is 6.29. The third-order valence-electron chi connectivity index (χ3n) is 6.29. The standard InChI is InChI=1S/C30H28N4O4/c1-4-38-30(37)24-17-23-27(31-25-14-7-8-15-33(25)29(23)36)34(18-19(2)3)28(24)32-26(35)16-21-12-9-11-20-10-5-6-13-22(20)21/h5-15,17,19H,4,16,18H2,1-3H3. The minimum Gasteiger partial charge on any atom is -0.462 e. The molecule has 0 aliphatic rings. The summed E-state index contributed by atoms with van der Waals surface area (Å²) in [6.07, 6.45) is 1.68. The summed E-state index contributed by atoms with van der Waals surface area (Å²) in [5.74, 6) is -0.957. The van der Waals surface area contributed by atoms with Gasteiger partial charge in [-0.25, -0.2) is 9.78 Å². The summed E-state index contributed by atoms with van der Waals surface area (Å²) in [4.78, 5) is 49.1. The number of benzene rings is 2. The highest BCUT2D eigenvalue weighted by Crippen LogP contribution is 2.19. The molecule has 0 fully saturated rings. The van der Waals surface area contributed by atoms with Crippen LogP contribution in [-0.2, 0) is 22.5 Å². The number of hydrogen-bond acceptors (Lipinski definition) is 5. The van der Waals surface area contributed by atoms with Crippen LogP contribution < -0.4 is 11.0 Å². The van der Waals surface area contributed by atoms with Crippen molar-refractivity contribution in [3.63, 3.8) is 0 Å². The minimum absolute atomic E-state index is 0.0527. The Bertz CT molecular complexity index is 1830. The maximum absolute atomic E-state index is 13.4. The highest BCUT2D eigenvalue weighted by atomic mass is 16.5. The smallest absolute Gasteiger partial charge is 0.341 e. The second kappa shape index (κ2) is 10.4. The lowest BCUT2D eigenvalue weighted by Crippen LogP contribution is -2.34. The molecule has 8 nitrogen and oxygen atoms in total. The number of hydrogen-bond donors (Lipinski definition) is 0. The van der Waals surface area contributed by atoms with E-state index in [1.54, 1.807) is 35.9 Å². The van der Waals surface area contributed by atoms with Crippen LogP contribution in [0, 0.1) is 5.92 Å². The van der Waals surface area contributed by atoms with E-state index in [2.05, 4.69) is 4.99 Å². The fraction of sp³-hybridized carbons (Fsp3) is 0.233. The predicted molar refractivity (Wildman–Crippen MR) is 146 cm³/mol. The van der Waals surface area contributed by atoms with E-state index in [4.69, 9.17) is 9.72 Å². The number of pyridine rings is 2. The lowest BCUT2D eigenvalue weighted by Gasteiger charge is -2.16. The van der Waals surface area contributed by atoms with Crippen molar-refractivity contribution in [2.45, 2.75) is 33.7 Å². The van der Waals surface area contributed by atoms with Gasteiger partial charge in [-0.3, -0.25) is 14.0 Å². The molecule has 0 spiro atoms. The van der Waals surface area contributed by atoms with Gasteiger partial charge in [0, 0.05) is 12.7 Å². The lowest BCUT2D eigenvalue weighted by atomic mass is 10.0. The van der Waals surface area contributed by atoms with Gasteiger partial charge in [-0.2, -0.15) is 4.99 Å². The van der Waals surface area contributed by atoms with Crippen LogP contribution >= 0.6 is 0 Å². The summed E-state index contributed by atoms with van der Waals surface area (Å²) in [5.41, 5.74) is 1.54. The quantitative estimate of drug-likeness (QED) is 0.252. The van der Waals surface area contributed by atoms with Crippen LogP contribution in [0.1, 0.15) is 36.7 Å². The number of rotatable bonds is 6. The third kappa shape index (κ3) is 4.72. The van der Waals surface area contributed by atoms with Crippen molar-refractivity contribution in [3.8, 4) is 0 Å². The van der Waals surface area contributed by atoms with Gasteiger partial charge in [0.1, 0.15) is 16.9 Å². The number of aromatic nitrogens is 3. The molecule has 5 aromatic rings. The highest BCUT2D eigenvalue weighted by molar-refractivity contribution is 5.94. The molecule has 8 heteroatoms. The molecule has 5 rings (SSSR count). The van der Waals surface area contributed by atoms with Gasteiger partial charge < -0.3 is 9.30 Å². The topological polar surface area (TPSA) is 95.0 Å². The molecule has 0 bridgehead atoms. The van der Waals surface area contributed by atoms with Crippen molar-refractivity contribution >= 4 is 39.3 Å². The van der Waals surface area contributed by atoms with Crippen LogP contribution in [0.2, 0.25) is 0 Å². The molecule has 38 heavy (non-hydrogen) atoms. The van der Waals surface area contributed by atoms with Gasteiger partial charge in [0.05, 0.1) is 18.4 Å². The first-order valence-electron chi connectivity index (χ1n) is 12.6. The molecule has 0 radical (unpaired) electrons. The maximum atomic E-state index is 13.4. The fourth-order valence-corrected chi connectivity index (χ4v) is 4.66. The van der Waals surface area contributed by atoms with Crippen LogP contribution in [0.3, 0.4) is 0 Å². The maximum Gasteiger partial charge on any atom is 0.341 e. The largest absolute Gasteiger partial charge is 0.462 e. The molecule has 3 heterocycles. The summed E-state index contributed by atoms with van der Waals surface area (Å²) >= 11 is 0. The Morgan fingerprint density at radius 1 is 1.00 bits per heavy atom. The van der Waals surface area contributed by atoms with E-state index in [-0.39, 0.29) is 40.9 Å². The number of carbonyl (C=O) groups excluding carboxylic acids is 2. The van der Waals surface area contributed by atoms with Gasteiger partial charge >= 0.3 is 5.97 Å². The van der Waals surface area contributed by atoms with Crippen molar-refractivity contribution in [1.82, 2.24) is 14.0 Å². The zero-order chi connectivity index (χ0) is 26.8. The van der Waals surface area contributed by atoms with Crippen molar-refractivity contribution in [1.29, 1.82) is 0 Å². The fourth-order valence-electron chi connectivity index (χ4n) is 4.66. The van der Waals surface area contributed by atoms with Crippen LogP contribution in [-0.4, -0.2) is 32.4 Å². The van der Waals surface area contributed by atoms with E-state index in [9.17, 15) is 14.4 Å². The number of fused-ring (bicyclic) bond motifs is 3. The summed E-state index contributed by atoms with van der Waals surface area (Å²) in [6.45, 7) is 6.24. The minimum atomic E-state index is -0.652. The molecule has 0 aliphatic heterocycles. The zero-order valence-electron chi connectivity index (χ0n) is 21.5. The van der Waals surface area contributed by atoms with Crippen LogP contribution in [0.25, 0.3) is 27.5 Å². The molecule has 0 unspecified atom stereocenters. The summed E-state index contributed by atoms with van der Waals surface area (Å²) in [6, 6.07) is 20.4. The van der Waals surface area contributed by atoms with E-state index >= 15 is 0 Å². The Balaban J connectivity index is 1.78. The van der Waals surface area contributed by atoms with Crippen molar-refractivity contribution in [2.75, 3.05) is 6.61 Å². The average Bonchev–Trinajstić information content (AvgIpc) is 2.90. The molecule has 2 aromatic carbocycles. The number of ether oxygens (including phenoxy) is 1. The molecule has 1 amide bonds. The van der Waals surface area contributed by atoms with E-state index in [1.807, 2.05) is 56.3 Å². The first-order valence-corrected chi connectivity index (χ1v) is 12.6. The SMILES string of the molecule is CCOC(=O)c1cc2c(=O)n3ccccc3nc2n(CC(C)C)c1=NC(=O)Cc1cccc2ccccc12. The molecule has 0 atom stereocenters. The summed E-state index contributed by atoms with van der Waals surface area (Å²) in [5, 5.41) is 2.25. The van der Waals surface area contributed by atoms with Gasteiger partial charge in [-0.15, -0.1) is 0 Å². The Hall–Kier alpha value is -4.59. The van der Waals surface area contributed by atoms with E-state index in [1.165, 1.54) is 10.5 Å². The van der Waals surface area contributed by atoms with Crippen LogP contribution in [0.5, 0.6) is 0 Å². The van der Waals surface area contributed by atoms with E-state index in [0.29, 0.717) is 17.8 Å². The predicted octanol–water partition coefficient (Wildman–Crippen LogP) is 4.31. The van der Waals surface area contributed by atoms with E-state index < -0.39 is 11.9 Å². The monoisotopic (exact) mass is 508 g/mol. The highest BCUT2D eigenvalue weighted by Gasteiger charge is 2.20. The first kappa shape index (κ1) is 25.1. The lowest BCUT2D eigenvalue weighted by molar-refractivity contribution is -0.117. The second-order valence-corrected chi connectivity index (χ2v) is 9.51. The Morgan fingerprint density at radius 2 is 1.76 bits per heavy atom. The number of esters is 1. The molecule has 3 aromatic heterocycles. The first-order chi connectivity index (χ1) is 18.4. The zero-order valence-corrected chi connectivity index (χ0v) is 21.5. The Morgan fingerprint density at radius 3 is 2.55 bits per heavy atom.